The van der Waals surface area contributed by atoms with E-state index in [0.717, 1.165) is 80.7 Å². The number of aldehydes is 1. The highest BCUT2D eigenvalue weighted by atomic mass is 16.5. The average Bonchev–Trinajstić information content (AvgIpc) is 3.65. The number of fused-ring (bicyclic) bond motifs is 1. The Labute approximate surface area is 318 Å². The highest BCUT2D eigenvalue weighted by Gasteiger charge is 2.50. The Morgan fingerprint density at radius 2 is 1.80 bits per heavy atom. The van der Waals surface area contributed by atoms with E-state index >= 15 is 0 Å². The fourth-order valence-corrected chi connectivity index (χ4v) is 9.27. The first-order valence-corrected chi connectivity index (χ1v) is 19.4. The van der Waals surface area contributed by atoms with Crippen LogP contribution in [-0.2, 0) is 6.54 Å². The molecular formula is C45H51N5O4. The number of piperidine rings is 1. The number of H-pyrrole nitrogens is 1. The molecule has 280 valence electrons. The summed E-state index contributed by atoms with van der Waals surface area (Å²) in [5.74, 6) is 2.28. The number of Topliss-reactive ketones (excluding diaryl/α,β-unsaturated/α-hetero) is 1. The lowest BCUT2D eigenvalue weighted by Crippen LogP contribution is -2.60. The first-order valence-electron chi connectivity index (χ1n) is 19.4. The highest BCUT2D eigenvalue weighted by molar-refractivity contribution is 5.97. The minimum Gasteiger partial charge on any atom is -0.496 e. The van der Waals surface area contributed by atoms with Crippen LogP contribution in [0.2, 0.25) is 0 Å². The van der Waals surface area contributed by atoms with Crippen molar-refractivity contribution in [1.82, 2.24) is 19.8 Å². The number of pyridine rings is 1. The Balaban J connectivity index is 0.947. The molecule has 0 bridgehead atoms. The van der Waals surface area contributed by atoms with Gasteiger partial charge in [0.2, 0.25) is 0 Å². The van der Waals surface area contributed by atoms with Crippen molar-refractivity contribution in [1.29, 1.82) is 0 Å². The standard InChI is InChI=1S/C45H51N5O4/c1-30(2)38-7-5-6-8-39(38)41-28-48(27-32-9-12-42(53-4)40(21-32)31(3)52)19-20-50(41)36-24-45(25-36)14-17-49(18-15-45)35-11-10-34(29-51)43(23-35)54-37-22-33-13-16-46-44(33)47-26-37/h5-13,16,21-23,26,29-30,36,41H,14-15,17-20,24-25,27-28H2,1-4H3,(H,46,47). The summed E-state index contributed by atoms with van der Waals surface area (Å²) < 4.78 is 11.7. The number of hydrogen-bond donors (Lipinski definition) is 1. The number of ether oxygens (including phenoxy) is 2. The van der Waals surface area contributed by atoms with E-state index < -0.39 is 0 Å². The zero-order valence-corrected chi connectivity index (χ0v) is 31.9. The van der Waals surface area contributed by atoms with Crippen molar-refractivity contribution < 1.29 is 19.1 Å². The van der Waals surface area contributed by atoms with E-state index in [2.05, 4.69) is 74.9 Å². The number of anilines is 1. The molecule has 1 spiro atoms. The summed E-state index contributed by atoms with van der Waals surface area (Å²) >= 11 is 0. The molecule has 2 aliphatic heterocycles. The van der Waals surface area contributed by atoms with Gasteiger partial charge in [-0.05, 0) is 97.0 Å². The SMILES string of the molecule is COc1ccc(CN2CCN(C3CC4(CCN(c5ccc(C=O)c(Oc6cnc7[nH]ccc7c6)c5)CC4)C3)C(c3ccccc3C(C)C)C2)cc1C(C)=O. The third-order valence-corrected chi connectivity index (χ3v) is 12.3. The minimum absolute atomic E-state index is 0.0287. The number of methoxy groups -OCH3 is 1. The zero-order valence-electron chi connectivity index (χ0n) is 31.9. The molecule has 3 aliphatic rings. The Bertz CT molecular complexity index is 2140. The van der Waals surface area contributed by atoms with E-state index in [0.29, 0.717) is 51.8 Å². The summed E-state index contributed by atoms with van der Waals surface area (Å²) in [6.45, 7) is 12.0. The molecule has 3 aromatic carbocycles. The summed E-state index contributed by atoms with van der Waals surface area (Å²) in [6, 6.07) is 25.8. The Kier molecular flexibility index (Phi) is 10.0. The fourth-order valence-electron chi connectivity index (χ4n) is 9.27. The maximum atomic E-state index is 12.4. The molecular weight excluding hydrogens is 675 g/mol. The van der Waals surface area contributed by atoms with E-state index in [1.807, 2.05) is 42.6 Å². The largest absolute Gasteiger partial charge is 0.496 e. The van der Waals surface area contributed by atoms with Gasteiger partial charge in [0.1, 0.15) is 22.9 Å². The molecule has 9 nitrogen and oxygen atoms in total. The van der Waals surface area contributed by atoms with Gasteiger partial charge in [0.25, 0.3) is 0 Å². The van der Waals surface area contributed by atoms with Crippen LogP contribution >= 0.6 is 0 Å². The Hall–Kier alpha value is -4.99. The summed E-state index contributed by atoms with van der Waals surface area (Å²) in [6.07, 6.45) is 9.18. The van der Waals surface area contributed by atoms with Gasteiger partial charge < -0.3 is 19.4 Å². The van der Waals surface area contributed by atoms with E-state index in [1.54, 1.807) is 20.2 Å². The molecule has 2 aromatic heterocycles. The number of piperazine rings is 1. The van der Waals surface area contributed by atoms with Crippen molar-refractivity contribution in [3.63, 3.8) is 0 Å². The van der Waals surface area contributed by atoms with Gasteiger partial charge in [-0.3, -0.25) is 19.4 Å². The van der Waals surface area contributed by atoms with Gasteiger partial charge in [0.05, 0.1) is 24.4 Å². The third-order valence-electron chi connectivity index (χ3n) is 12.3. The normalized spacial score (nSPS) is 19.3. The van der Waals surface area contributed by atoms with Gasteiger partial charge in [-0.15, -0.1) is 0 Å². The van der Waals surface area contributed by atoms with Crippen molar-refractivity contribution in [2.24, 2.45) is 5.41 Å². The van der Waals surface area contributed by atoms with Crippen molar-refractivity contribution in [3.8, 4) is 17.2 Å². The van der Waals surface area contributed by atoms with Gasteiger partial charge in [0.15, 0.2) is 12.1 Å². The average molecular weight is 726 g/mol. The van der Waals surface area contributed by atoms with Crippen LogP contribution < -0.4 is 14.4 Å². The van der Waals surface area contributed by atoms with Crippen LogP contribution in [0.25, 0.3) is 11.0 Å². The molecule has 8 rings (SSSR count). The first kappa shape index (κ1) is 36.0. The van der Waals surface area contributed by atoms with E-state index in [4.69, 9.17) is 9.47 Å². The third kappa shape index (κ3) is 7.15. The topological polar surface area (TPSA) is 91.0 Å². The predicted octanol–water partition coefficient (Wildman–Crippen LogP) is 8.81. The smallest absolute Gasteiger partial charge is 0.163 e. The second-order valence-electron chi connectivity index (χ2n) is 15.9. The van der Waals surface area contributed by atoms with Crippen LogP contribution in [0.4, 0.5) is 5.69 Å². The quantitative estimate of drug-likeness (QED) is 0.107. The number of nitrogens with one attached hydrogen (secondary N) is 1. The molecule has 54 heavy (non-hydrogen) atoms. The predicted molar refractivity (Wildman–Crippen MR) is 213 cm³/mol. The van der Waals surface area contributed by atoms with Crippen LogP contribution in [0.3, 0.4) is 0 Å². The number of rotatable bonds is 11. The van der Waals surface area contributed by atoms with E-state index in [1.165, 1.54) is 24.0 Å². The zero-order chi connectivity index (χ0) is 37.4. The van der Waals surface area contributed by atoms with Gasteiger partial charge in [0, 0.05) is 74.7 Å². The number of carbonyl (C=O) groups excluding carboxylic acids is 2. The number of ketones is 1. The molecule has 1 aliphatic carbocycles. The molecule has 1 unspecified atom stereocenters. The number of benzene rings is 3. The molecule has 1 atom stereocenters. The second kappa shape index (κ2) is 15.0. The maximum Gasteiger partial charge on any atom is 0.163 e. The highest BCUT2D eigenvalue weighted by Crippen LogP contribution is 2.53. The summed E-state index contributed by atoms with van der Waals surface area (Å²) in [7, 11) is 1.62. The van der Waals surface area contributed by atoms with Gasteiger partial charge in [-0.2, -0.15) is 0 Å². The molecule has 2 saturated heterocycles. The molecule has 5 aromatic rings. The maximum absolute atomic E-state index is 12.4. The van der Waals surface area contributed by atoms with Crippen molar-refractivity contribution in [2.45, 2.75) is 71.0 Å². The number of aromatic amines is 1. The van der Waals surface area contributed by atoms with Gasteiger partial charge in [-0.25, -0.2) is 4.98 Å². The van der Waals surface area contributed by atoms with Crippen LogP contribution in [0, 0.1) is 5.41 Å². The molecule has 9 heteroatoms. The van der Waals surface area contributed by atoms with Crippen LogP contribution in [0.15, 0.2) is 85.2 Å². The van der Waals surface area contributed by atoms with Crippen LogP contribution in [0.5, 0.6) is 17.2 Å². The van der Waals surface area contributed by atoms with Crippen molar-refractivity contribution in [2.75, 3.05) is 44.7 Å². The fraction of sp³-hybridized carbons (Fsp3) is 0.400. The lowest BCUT2D eigenvalue weighted by Gasteiger charge is -2.58. The molecule has 0 amide bonds. The van der Waals surface area contributed by atoms with Crippen molar-refractivity contribution >= 4 is 28.8 Å². The number of nitrogens with zero attached hydrogens (tertiary/aromatic N) is 4. The lowest BCUT2D eigenvalue weighted by atomic mass is 9.59. The van der Waals surface area contributed by atoms with Gasteiger partial charge >= 0.3 is 0 Å². The van der Waals surface area contributed by atoms with Crippen LogP contribution in [-0.4, -0.2) is 77.7 Å². The minimum atomic E-state index is 0.0287. The van der Waals surface area contributed by atoms with Crippen molar-refractivity contribution in [3.05, 3.63) is 113 Å². The summed E-state index contributed by atoms with van der Waals surface area (Å²) in [5, 5.41) is 0.964. The Morgan fingerprint density at radius 1 is 0.981 bits per heavy atom. The Morgan fingerprint density at radius 3 is 2.56 bits per heavy atom. The van der Waals surface area contributed by atoms with E-state index in [-0.39, 0.29) is 5.78 Å². The van der Waals surface area contributed by atoms with E-state index in [9.17, 15) is 9.59 Å². The second-order valence-corrected chi connectivity index (χ2v) is 15.9. The molecule has 0 radical (unpaired) electrons. The number of carbonyl (C=O) groups is 2. The van der Waals surface area contributed by atoms with Crippen LogP contribution in [0.1, 0.15) is 95.8 Å². The number of aromatic nitrogens is 2. The monoisotopic (exact) mass is 725 g/mol. The molecule has 1 N–H and O–H groups in total. The number of hydrogen-bond acceptors (Lipinski definition) is 8. The molecule has 3 fully saturated rings. The summed E-state index contributed by atoms with van der Waals surface area (Å²) in [4.78, 5) is 39.7. The first-order chi connectivity index (χ1) is 26.2. The summed E-state index contributed by atoms with van der Waals surface area (Å²) in [5.41, 5.74) is 7.47. The van der Waals surface area contributed by atoms with Gasteiger partial charge in [-0.1, -0.05) is 44.2 Å². The lowest BCUT2D eigenvalue weighted by molar-refractivity contribution is -0.0628. The molecule has 4 heterocycles. The molecule has 1 saturated carbocycles.